The largest absolute Gasteiger partial charge is 0.495 e. The van der Waals surface area contributed by atoms with Crippen LogP contribution in [0.5, 0.6) is 5.75 Å². The van der Waals surface area contributed by atoms with Crippen molar-refractivity contribution < 1.29 is 33.8 Å². The lowest BCUT2D eigenvalue weighted by Crippen LogP contribution is -2.44. The number of ketones is 1. The van der Waals surface area contributed by atoms with Gasteiger partial charge in [-0.2, -0.15) is 11.8 Å². The van der Waals surface area contributed by atoms with Crippen molar-refractivity contribution >= 4 is 53.4 Å². The van der Waals surface area contributed by atoms with Gasteiger partial charge in [-0.15, -0.1) is 0 Å². The molecule has 3 aliphatic heterocycles. The third kappa shape index (κ3) is 12.4. The summed E-state index contributed by atoms with van der Waals surface area (Å²) in [6.45, 7) is 5.37. The van der Waals surface area contributed by atoms with Gasteiger partial charge in [0.25, 0.3) is 0 Å². The van der Waals surface area contributed by atoms with E-state index in [2.05, 4.69) is 33.2 Å². The van der Waals surface area contributed by atoms with Crippen molar-refractivity contribution in [1.82, 2.24) is 35.7 Å². The van der Waals surface area contributed by atoms with Crippen molar-refractivity contribution in [3.8, 4) is 11.4 Å². The topological polar surface area (TPSA) is 184 Å². The highest BCUT2D eigenvalue weighted by Gasteiger charge is 2.42. The van der Waals surface area contributed by atoms with E-state index < -0.39 is 6.04 Å². The van der Waals surface area contributed by atoms with E-state index in [9.17, 15) is 29.1 Å². The number of likely N-dealkylation sites (tertiary alicyclic amines) is 1. The van der Waals surface area contributed by atoms with Crippen molar-refractivity contribution in [3.05, 3.63) is 124 Å². The van der Waals surface area contributed by atoms with Gasteiger partial charge in [-0.05, 0) is 92.3 Å². The molecule has 2 unspecified atom stereocenters. The number of amides is 5. The molecule has 0 spiro atoms. The number of unbranched alkanes of at least 4 members (excludes halogenated alkanes) is 3. The zero-order valence-corrected chi connectivity index (χ0v) is 38.8. The standard InChI is InChI=1S/C51H61N7O7S/c1-33-25-40(26-36-13-21-42(44(27-36)65-3)57-29-34(2)54-32-57)50(63)58(28-33)43(30-59)37-17-19-39(20-18-37)49(62)38-15-11-35(12-16-38)14-22-47(61)53-24-8-4-7-23-52-46(60)10-6-5-9-45-48-41(31-66-45)55-51(64)56-48/h11-22,26-27,29,32-33,41,43,45,48,59H,4-10,23-25,28,30-31H2,1-3H3,(H,52,60)(H,53,61)(H2,55,56,64)/b22-14+,40-26+/t33-,41?,43-,45-,48?/m0/s1. The molecule has 4 heterocycles. The summed E-state index contributed by atoms with van der Waals surface area (Å²) >= 11 is 1.89. The van der Waals surface area contributed by atoms with Crippen LogP contribution < -0.4 is 26.0 Å². The molecule has 5 amide bonds. The molecule has 3 saturated heterocycles. The van der Waals surface area contributed by atoms with Gasteiger partial charge in [0.1, 0.15) is 5.75 Å². The predicted octanol–water partition coefficient (Wildman–Crippen LogP) is 6.55. The second-order valence-electron chi connectivity index (χ2n) is 17.5. The first-order chi connectivity index (χ1) is 32.0. The highest BCUT2D eigenvalue weighted by Crippen LogP contribution is 2.34. The minimum absolute atomic E-state index is 0.0641. The molecule has 0 radical (unpaired) electrons. The second-order valence-corrected chi connectivity index (χ2v) is 18.7. The number of hydrogen-bond acceptors (Lipinski definition) is 9. The van der Waals surface area contributed by atoms with Crippen LogP contribution in [0.15, 0.2) is 90.9 Å². The summed E-state index contributed by atoms with van der Waals surface area (Å²) in [6.07, 6.45) is 15.1. The number of fused-ring (bicyclic) bond motifs is 1. The fourth-order valence-corrected chi connectivity index (χ4v) is 10.4. The fraction of sp³-hybridized carbons (Fsp3) is 0.412. The van der Waals surface area contributed by atoms with E-state index in [1.807, 2.05) is 53.7 Å². The highest BCUT2D eigenvalue weighted by atomic mass is 32.2. The number of thioether (sulfide) groups is 1. The number of carbonyl (C=O) groups is 5. The van der Waals surface area contributed by atoms with Gasteiger partial charge in [-0.3, -0.25) is 19.2 Å². The van der Waals surface area contributed by atoms with E-state index in [4.69, 9.17) is 4.74 Å². The molecule has 3 fully saturated rings. The van der Waals surface area contributed by atoms with Crippen LogP contribution >= 0.6 is 11.8 Å². The van der Waals surface area contributed by atoms with Crippen molar-refractivity contribution in [2.24, 2.45) is 5.92 Å². The van der Waals surface area contributed by atoms with Gasteiger partial charge in [-0.1, -0.05) is 67.9 Å². The molecule has 0 aliphatic carbocycles. The number of piperidine rings is 1. The Bertz CT molecular complexity index is 2410. The smallest absolute Gasteiger partial charge is 0.315 e. The summed E-state index contributed by atoms with van der Waals surface area (Å²) in [7, 11) is 1.61. The Morgan fingerprint density at radius 1 is 0.939 bits per heavy atom. The monoisotopic (exact) mass is 915 g/mol. The average Bonchev–Trinajstić information content (AvgIpc) is 4.04. The summed E-state index contributed by atoms with van der Waals surface area (Å²) in [5, 5.41) is 22.9. The zero-order chi connectivity index (χ0) is 46.6. The lowest BCUT2D eigenvalue weighted by molar-refractivity contribution is -0.133. The number of benzene rings is 3. The molecule has 5 N–H and O–H groups in total. The molecule has 0 saturated carbocycles. The number of rotatable bonds is 21. The maximum absolute atomic E-state index is 14.0. The normalized spacial score (nSPS) is 20.2. The number of nitrogens with zero attached hydrogens (tertiary/aromatic N) is 3. The maximum atomic E-state index is 14.0. The molecule has 7 rings (SSSR count). The summed E-state index contributed by atoms with van der Waals surface area (Å²) in [5.41, 5.74) is 5.69. The van der Waals surface area contributed by atoms with Gasteiger partial charge in [0.15, 0.2) is 5.78 Å². The lowest BCUT2D eigenvalue weighted by Gasteiger charge is -2.38. The Labute approximate surface area is 391 Å². The van der Waals surface area contributed by atoms with Gasteiger partial charge < -0.3 is 40.6 Å². The fourth-order valence-electron chi connectivity index (χ4n) is 8.88. The predicted molar refractivity (Wildman–Crippen MR) is 257 cm³/mol. The van der Waals surface area contributed by atoms with E-state index in [0.29, 0.717) is 60.2 Å². The first-order valence-corrected chi connectivity index (χ1v) is 24.0. The number of aryl methyl sites for hydroxylation is 1. The molecule has 5 atom stereocenters. The number of aliphatic hydroxyl groups is 1. The molecule has 0 bridgehead atoms. The van der Waals surface area contributed by atoms with Gasteiger partial charge >= 0.3 is 6.03 Å². The lowest BCUT2D eigenvalue weighted by atomic mass is 9.90. The zero-order valence-electron chi connectivity index (χ0n) is 38.0. The van der Waals surface area contributed by atoms with Crippen molar-refractivity contribution in [2.45, 2.75) is 88.6 Å². The molecule has 66 heavy (non-hydrogen) atoms. The van der Waals surface area contributed by atoms with E-state index in [0.717, 1.165) is 72.3 Å². The number of nitrogens with one attached hydrogen (secondary N) is 4. The Morgan fingerprint density at radius 3 is 2.38 bits per heavy atom. The molecule has 348 valence electrons. The summed E-state index contributed by atoms with van der Waals surface area (Å²) in [6, 6.07) is 19.6. The average molecular weight is 916 g/mol. The molecular formula is C51H61N7O7S. The van der Waals surface area contributed by atoms with Crippen LogP contribution in [-0.4, -0.2) is 106 Å². The van der Waals surface area contributed by atoms with Gasteiger partial charge in [0.05, 0.1) is 49.6 Å². The molecule has 3 aliphatic rings. The van der Waals surface area contributed by atoms with Crippen LogP contribution in [0, 0.1) is 12.8 Å². The van der Waals surface area contributed by atoms with E-state index in [-0.39, 0.29) is 54.1 Å². The van der Waals surface area contributed by atoms with E-state index in [1.54, 1.807) is 72.9 Å². The van der Waals surface area contributed by atoms with Crippen LogP contribution in [0.25, 0.3) is 17.8 Å². The number of ether oxygens (including phenoxy) is 1. The molecule has 1 aromatic heterocycles. The highest BCUT2D eigenvalue weighted by molar-refractivity contribution is 8.00. The molecule has 3 aromatic carbocycles. The number of aromatic nitrogens is 2. The van der Waals surface area contributed by atoms with Crippen molar-refractivity contribution in [1.29, 1.82) is 0 Å². The third-order valence-electron chi connectivity index (χ3n) is 12.4. The van der Waals surface area contributed by atoms with Crippen LogP contribution in [0.2, 0.25) is 0 Å². The third-order valence-corrected chi connectivity index (χ3v) is 13.9. The van der Waals surface area contributed by atoms with Crippen LogP contribution in [0.4, 0.5) is 4.79 Å². The van der Waals surface area contributed by atoms with Gasteiger partial charge in [0.2, 0.25) is 17.7 Å². The minimum Gasteiger partial charge on any atom is -0.495 e. The van der Waals surface area contributed by atoms with Crippen LogP contribution in [0.1, 0.15) is 103 Å². The van der Waals surface area contributed by atoms with E-state index >= 15 is 0 Å². The quantitative estimate of drug-likeness (QED) is 0.0268. The maximum Gasteiger partial charge on any atom is 0.315 e. The molecule has 14 nitrogen and oxygen atoms in total. The number of urea groups is 1. The number of imidazole rings is 1. The SMILES string of the molecule is COc1cc(/C=C2\C[C@H](C)CN([C@@H](CO)c3ccc(C(=O)c4ccc(/C=C/C(=O)NCCCCCNC(=O)CCCC[C@@H]5SCC6NC(=O)NC65)cc4)cc3)C2=O)ccc1-n1cnc(C)c1. The first-order valence-electron chi connectivity index (χ1n) is 23.0. The van der Waals surface area contributed by atoms with Crippen LogP contribution in [-0.2, 0) is 14.4 Å². The molecule has 15 heteroatoms. The Hall–Kier alpha value is -6.19. The number of methoxy groups -OCH3 is 1. The second kappa shape index (κ2) is 22.8. The van der Waals surface area contributed by atoms with Crippen molar-refractivity contribution in [2.75, 3.05) is 39.1 Å². The van der Waals surface area contributed by atoms with E-state index in [1.165, 1.54) is 6.08 Å². The summed E-state index contributed by atoms with van der Waals surface area (Å²) < 4.78 is 7.58. The van der Waals surface area contributed by atoms with Gasteiger partial charge in [0, 0.05) is 66.0 Å². The molecule has 4 aromatic rings. The first kappa shape index (κ1) is 47.8. The Balaban J connectivity index is 0.816. The number of hydrogen-bond donors (Lipinski definition) is 5. The number of carbonyl (C=O) groups excluding carboxylic acids is 5. The van der Waals surface area contributed by atoms with Crippen molar-refractivity contribution in [3.63, 3.8) is 0 Å². The van der Waals surface area contributed by atoms with Gasteiger partial charge in [-0.25, -0.2) is 9.78 Å². The Morgan fingerprint density at radius 2 is 1.67 bits per heavy atom. The van der Waals surface area contributed by atoms with Crippen LogP contribution in [0.3, 0.4) is 0 Å². The minimum atomic E-state index is -0.587. The summed E-state index contributed by atoms with van der Waals surface area (Å²) in [5.74, 6) is 1.31. The number of aliphatic hydroxyl groups excluding tert-OH is 1. The molecular weight excluding hydrogens is 855 g/mol. The Kier molecular flexibility index (Phi) is 16.5. The summed E-state index contributed by atoms with van der Waals surface area (Å²) in [4.78, 5) is 69.7.